The van der Waals surface area contributed by atoms with Crippen LogP contribution in [0.1, 0.15) is 56.4 Å². The number of imidazole rings is 1. The normalized spacial score (nSPS) is 12.8. The Balaban J connectivity index is 0.000000223. The molecule has 3 aromatic rings. The highest BCUT2D eigenvalue weighted by Crippen LogP contribution is 2.40. The SMILES string of the molecule is C=CNC(=O)Cc1ccc2ncc(C3CC3)n2c1.CC(C)(C)c1ccccc1.CNC. The number of aromatic nitrogens is 2. The van der Waals surface area contributed by atoms with E-state index in [0.717, 1.165) is 11.2 Å². The van der Waals surface area contributed by atoms with E-state index < -0.39 is 0 Å². The summed E-state index contributed by atoms with van der Waals surface area (Å²) in [5.74, 6) is 0.606. The van der Waals surface area contributed by atoms with Crippen molar-refractivity contribution in [1.29, 1.82) is 0 Å². The van der Waals surface area contributed by atoms with Crippen LogP contribution in [0, 0.1) is 0 Å². The van der Waals surface area contributed by atoms with Crippen molar-refractivity contribution < 1.29 is 4.79 Å². The lowest BCUT2D eigenvalue weighted by atomic mass is 9.87. The second-order valence-electron chi connectivity index (χ2n) is 8.79. The average Bonchev–Trinajstić information content (AvgIpc) is 3.49. The van der Waals surface area contributed by atoms with Crippen LogP contribution in [0.3, 0.4) is 0 Å². The fourth-order valence-electron chi connectivity index (χ4n) is 3.12. The van der Waals surface area contributed by atoms with E-state index in [0.29, 0.717) is 17.8 Å². The maximum Gasteiger partial charge on any atom is 0.228 e. The van der Waals surface area contributed by atoms with Gasteiger partial charge in [0, 0.05) is 24.0 Å². The molecule has 2 aromatic heterocycles. The Kier molecular flexibility index (Phi) is 9.01. The number of carbonyl (C=O) groups is 1. The number of hydrogen-bond acceptors (Lipinski definition) is 3. The van der Waals surface area contributed by atoms with Gasteiger partial charge < -0.3 is 15.0 Å². The van der Waals surface area contributed by atoms with E-state index in [4.69, 9.17) is 0 Å². The maximum absolute atomic E-state index is 11.5. The smallest absolute Gasteiger partial charge is 0.228 e. The summed E-state index contributed by atoms with van der Waals surface area (Å²) in [6.07, 6.45) is 8.22. The molecule has 166 valence electrons. The molecule has 1 fully saturated rings. The molecule has 2 N–H and O–H groups in total. The van der Waals surface area contributed by atoms with Crippen molar-refractivity contribution in [2.75, 3.05) is 14.1 Å². The highest BCUT2D eigenvalue weighted by molar-refractivity contribution is 5.79. The van der Waals surface area contributed by atoms with Crippen molar-refractivity contribution in [3.8, 4) is 0 Å². The van der Waals surface area contributed by atoms with Crippen molar-refractivity contribution in [3.05, 3.63) is 84.5 Å². The molecule has 1 aromatic carbocycles. The molecule has 5 nitrogen and oxygen atoms in total. The summed E-state index contributed by atoms with van der Waals surface area (Å²) < 4.78 is 2.11. The van der Waals surface area contributed by atoms with Crippen LogP contribution >= 0.6 is 0 Å². The Morgan fingerprint density at radius 3 is 2.32 bits per heavy atom. The van der Waals surface area contributed by atoms with Gasteiger partial charge in [-0.05, 0) is 55.7 Å². The zero-order valence-electron chi connectivity index (χ0n) is 19.5. The minimum absolute atomic E-state index is 0.0440. The van der Waals surface area contributed by atoms with E-state index in [1.165, 1.54) is 30.3 Å². The largest absolute Gasteiger partial charge is 0.333 e. The highest BCUT2D eigenvalue weighted by atomic mass is 16.1. The summed E-state index contributed by atoms with van der Waals surface area (Å²) in [4.78, 5) is 15.9. The summed E-state index contributed by atoms with van der Waals surface area (Å²) in [6, 6.07) is 14.5. The quantitative estimate of drug-likeness (QED) is 0.635. The van der Waals surface area contributed by atoms with Crippen LogP contribution in [0.25, 0.3) is 5.65 Å². The number of pyridine rings is 1. The van der Waals surface area contributed by atoms with Gasteiger partial charge in [-0.25, -0.2) is 4.98 Å². The van der Waals surface area contributed by atoms with E-state index >= 15 is 0 Å². The van der Waals surface area contributed by atoms with Crippen LogP contribution in [0.5, 0.6) is 0 Å². The van der Waals surface area contributed by atoms with Gasteiger partial charge >= 0.3 is 0 Å². The van der Waals surface area contributed by atoms with Crippen molar-refractivity contribution in [2.24, 2.45) is 0 Å². The molecule has 4 rings (SSSR count). The third-order valence-electron chi connectivity index (χ3n) is 4.86. The van der Waals surface area contributed by atoms with Crippen LogP contribution in [-0.2, 0) is 16.6 Å². The zero-order valence-corrected chi connectivity index (χ0v) is 19.5. The zero-order chi connectivity index (χ0) is 22.9. The molecule has 0 spiro atoms. The Morgan fingerprint density at radius 1 is 1.16 bits per heavy atom. The predicted molar refractivity (Wildman–Crippen MR) is 129 cm³/mol. The highest BCUT2D eigenvalue weighted by Gasteiger charge is 2.26. The molecule has 1 aliphatic carbocycles. The molecule has 0 radical (unpaired) electrons. The lowest BCUT2D eigenvalue weighted by molar-refractivity contribution is -0.119. The van der Waals surface area contributed by atoms with Crippen molar-refractivity contribution in [1.82, 2.24) is 20.0 Å². The van der Waals surface area contributed by atoms with Crippen molar-refractivity contribution in [3.63, 3.8) is 0 Å². The van der Waals surface area contributed by atoms with Gasteiger partial charge in [0.15, 0.2) is 0 Å². The van der Waals surface area contributed by atoms with Gasteiger partial charge in [0.2, 0.25) is 5.91 Å². The third kappa shape index (κ3) is 7.68. The third-order valence-corrected chi connectivity index (χ3v) is 4.86. The first kappa shape index (κ1) is 24.4. The van der Waals surface area contributed by atoms with Crippen LogP contribution in [-0.4, -0.2) is 29.4 Å². The monoisotopic (exact) mass is 420 g/mol. The van der Waals surface area contributed by atoms with Crippen molar-refractivity contribution in [2.45, 2.75) is 51.4 Å². The predicted octanol–water partition coefficient (Wildman–Crippen LogP) is 4.83. The van der Waals surface area contributed by atoms with Gasteiger partial charge in [0.25, 0.3) is 0 Å². The summed E-state index contributed by atoms with van der Waals surface area (Å²) in [5, 5.41) is 5.34. The van der Waals surface area contributed by atoms with Crippen LogP contribution in [0.15, 0.2) is 67.6 Å². The first-order chi connectivity index (χ1) is 14.8. The molecule has 31 heavy (non-hydrogen) atoms. The minimum atomic E-state index is -0.0440. The molecule has 5 heteroatoms. The molecule has 0 unspecified atom stereocenters. The summed E-state index contributed by atoms with van der Waals surface area (Å²) >= 11 is 0. The Bertz CT molecular complexity index is 966. The molecule has 0 bridgehead atoms. The number of nitrogens with one attached hydrogen (secondary N) is 2. The number of hydrogen-bond donors (Lipinski definition) is 2. The molecule has 0 aliphatic heterocycles. The van der Waals surface area contributed by atoms with Crippen molar-refractivity contribution >= 4 is 11.6 Å². The minimum Gasteiger partial charge on any atom is -0.333 e. The number of rotatable bonds is 4. The van der Waals surface area contributed by atoms with E-state index in [2.05, 4.69) is 77.7 Å². The van der Waals surface area contributed by atoms with Crippen LogP contribution in [0.2, 0.25) is 0 Å². The van der Waals surface area contributed by atoms with Gasteiger partial charge in [-0.15, -0.1) is 0 Å². The van der Waals surface area contributed by atoms with E-state index in [-0.39, 0.29) is 5.91 Å². The average molecular weight is 421 g/mol. The number of fused-ring (bicyclic) bond motifs is 1. The first-order valence-corrected chi connectivity index (χ1v) is 10.8. The maximum atomic E-state index is 11.5. The molecule has 2 heterocycles. The number of benzene rings is 1. The lowest BCUT2D eigenvalue weighted by Crippen LogP contribution is -2.19. The first-order valence-electron chi connectivity index (χ1n) is 10.8. The Morgan fingerprint density at radius 2 is 1.81 bits per heavy atom. The van der Waals surface area contributed by atoms with Gasteiger partial charge in [0.05, 0.1) is 6.42 Å². The molecule has 1 amide bonds. The topological polar surface area (TPSA) is 58.4 Å². The Labute approximate surface area is 186 Å². The van der Waals surface area contributed by atoms with Gasteiger partial charge in [0.1, 0.15) is 5.65 Å². The molecular formula is C26H36N4O. The summed E-state index contributed by atoms with van der Waals surface area (Å²) in [6.45, 7) is 10.2. The summed E-state index contributed by atoms with van der Waals surface area (Å²) in [7, 11) is 3.75. The van der Waals surface area contributed by atoms with Crippen LogP contribution in [0.4, 0.5) is 0 Å². The van der Waals surface area contributed by atoms with E-state index in [1.54, 1.807) is 0 Å². The van der Waals surface area contributed by atoms with E-state index in [1.807, 2.05) is 38.6 Å². The van der Waals surface area contributed by atoms with Gasteiger partial charge in [-0.3, -0.25) is 4.79 Å². The molecule has 0 saturated heterocycles. The number of amides is 1. The molecule has 1 saturated carbocycles. The standard InChI is InChI=1S/C14H15N3O.C10H14.C2H7N/c1-2-15-14(18)7-10-3-6-13-16-8-12(11-4-5-11)17(13)9-10;1-10(2,3)9-7-5-4-6-8-9;1-3-2/h2-3,6,8-9,11H,1,4-5,7H2,(H,15,18);4-8H,1-3H3;3H,1-2H3. The second-order valence-corrected chi connectivity index (χ2v) is 8.79. The molecule has 1 aliphatic rings. The van der Waals surface area contributed by atoms with Gasteiger partial charge in [-0.1, -0.05) is 63.7 Å². The fraction of sp³-hybridized carbons (Fsp3) is 0.385. The summed E-state index contributed by atoms with van der Waals surface area (Å²) in [5.41, 5.74) is 4.89. The molecule has 0 atom stereocenters. The Hall–Kier alpha value is -2.92. The van der Waals surface area contributed by atoms with Crippen LogP contribution < -0.4 is 10.6 Å². The fourth-order valence-corrected chi connectivity index (χ4v) is 3.12. The van der Waals surface area contributed by atoms with E-state index in [9.17, 15) is 4.79 Å². The number of nitrogens with zero attached hydrogens (tertiary/aromatic N) is 2. The number of carbonyl (C=O) groups excluding carboxylic acids is 1. The second kappa shape index (κ2) is 11.5. The lowest BCUT2D eigenvalue weighted by Gasteiger charge is -2.18. The molecular weight excluding hydrogens is 384 g/mol. The van der Waals surface area contributed by atoms with Gasteiger partial charge in [-0.2, -0.15) is 0 Å².